The van der Waals surface area contributed by atoms with Gasteiger partial charge in [-0.25, -0.2) is 0 Å². The van der Waals surface area contributed by atoms with Crippen molar-refractivity contribution in [3.8, 4) is 5.75 Å². The summed E-state index contributed by atoms with van der Waals surface area (Å²) in [5.74, 6) is 0.577. The van der Waals surface area contributed by atoms with Crippen molar-refractivity contribution in [1.82, 2.24) is 10.2 Å². The van der Waals surface area contributed by atoms with Crippen LogP contribution in [0.2, 0.25) is 5.02 Å². The molecule has 5 rings (SSSR count). The normalized spacial score (nSPS) is 11.9. The van der Waals surface area contributed by atoms with Gasteiger partial charge in [0.2, 0.25) is 5.91 Å². The number of nitrogens with one attached hydrogen (secondary N) is 1. The molecule has 47 heavy (non-hydrogen) atoms. The number of carbonyl (C=O) groups excluding carboxylic acids is 1. The molecule has 0 spiro atoms. The second-order valence-electron chi connectivity index (χ2n) is 11.4. The Hall–Kier alpha value is -4.11. The first-order valence-electron chi connectivity index (χ1n) is 15.3. The summed E-state index contributed by atoms with van der Waals surface area (Å²) < 4.78 is 47.5. The van der Waals surface area contributed by atoms with E-state index in [0.29, 0.717) is 37.4 Å². The van der Waals surface area contributed by atoms with E-state index in [1.165, 1.54) is 6.07 Å². The number of rotatable bonds is 14. The molecule has 0 aliphatic rings. The van der Waals surface area contributed by atoms with Gasteiger partial charge in [0.25, 0.3) is 0 Å². The van der Waals surface area contributed by atoms with Gasteiger partial charge in [0.15, 0.2) is 0 Å². The average molecular weight is 677 g/mol. The number of ether oxygens (including phenoxy) is 1. The maximum Gasteiger partial charge on any atom is 0.417 e. The molecule has 244 valence electrons. The lowest BCUT2D eigenvalue weighted by Gasteiger charge is -2.43. The lowest BCUT2D eigenvalue weighted by molar-refractivity contribution is -0.137. The van der Waals surface area contributed by atoms with Gasteiger partial charge in [0.1, 0.15) is 5.75 Å². The van der Waals surface area contributed by atoms with E-state index in [1.54, 1.807) is 17.4 Å². The van der Waals surface area contributed by atoms with Crippen LogP contribution >= 0.6 is 22.9 Å². The molecule has 4 nitrogen and oxygen atoms in total. The van der Waals surface area contributed by atoms with Gasteiger partial charge in [-0.2, -0.15) is 24.5 Å². The van der Waals surface area contributed by atoms with Crippen molar-refractivity contribution < 1.29 is 22.7 Å². The number of alkyl halides is 3. The highest BCUT2D eigenvalue weighted by Gasteiger charge is 2.38. The fourth-order valence-electron chi connectivity index (χ4n) is 5.68. The number of nitrogens with zero attached hydrogens (tertiary/aromatic N) is 1. The summed E-state index contributed by atoms with van der Waals surface area (Å²) in [7, 11) is 0. The van der Waals surface area contributed by atoms with Crippen LogP contribution in [0.25, 0.3) is 0 Å². The molecule has 1 amide bonds. The van der Waals surface area contributed by atoms with Gasteiger partial charge in [0, 0.05) is 19.6 Å². The molecule has 1 aromatic heterocycles. The summed E-state index contributed by atoms with van der Waals surface area (Å²) >= 11 is 8.01. The first-order valence-corrected chi connectivity index (χ1v) is 16.7. The zero-order valence-corrected chi connectivity index (χ0v) is 27.5. The van der Waals surface area contributed by atoms with Crippen LogP contribution in [-0.4, -0.2) is 24.0 Å². The van der Waals surface area contributed by atoms with Crippen LogP contribution in [0.1, 0.15) is 46.7 Å². The van der Waals surface area contributed by atoms with Crippen molar-refractivity contribution >= 4 is 28.8 Å². The third kappa shape index (κ3) is 8.83. The highest BCUT2D eigenvalue weighted by Crippen LogP contribution is 2.40. The third-order valence-electron chi connectivity index (χ3n) is 8.22. The van der Waals surface area contributed by atoms with Crippen molar-refractivity contribution in [2.24, 2.45) is 0 Å². The van der Waals surface area contributed by atoms with Crippen LogP contribution in [0, 0.1) is 0 Å². The van der Waals surface area contributed by atoms with Gasteiger partial charge in [-0.05, 0) is 76.2 Å². The minimum absolute atomic E-state index is 0.0710. The predicted octanol–water partition coefficient (Wildman–Crippen LogP) is 9.51. The molecular formula is C38H36ClF3N2O2S. The van der Waals surface area contributed by atoms with Crippen LogP contribution < -0.4 is 10.1 Å². The molecule has 1 heterocycles. The minimum atomic E-state index is -4.56. The Balaban J connectivity index is 1.33. The second kappa shape index (κ2) is 15.7. The summed E-state index contributed by atoms with van der Waals surface area (Å²) in [6.45, 7) is 3.62. The molecule has 1 N–H and O–H groups in total. The number of carbonyl (C=O) groups is 1. The molecule has 0 unspecified atom stereocenters. The van der Waals surface area contributed by atoms with Crippen molar-refractivity contribution in [2.45, 2.75) is 44.6 Å². The van der Waals surface area contributed by atoms with Crippen LogP contribution in [0.4, 0.5) is 13.2 Å². The summed E-state index contributed by atoms with van der Waals surface area (Å²) in [5, 5.41) is 6.64. The molecule has 9 heteroatoms. The Labute approximate surface area is 282 Å². The van der Waals surface area contributed by atoms with Crippen LogP contribution in [-0.2, 0) is 36.0 Å². The standard InChI is InChI=1S/C38H36ClF3N2O2S/c1-37(31-13-4-2-5-14-31,32-15-6-3-7-16-32)44(26-30-12-9-18-34(36(30)39)38(40,41)42)20-10-21-46-33-17-8-11-28(23-33)24-35(45)43-25-29-19-22-47-27-29/h2-9,11-19,22-23,27H,10,20-21,24-26H2,1H3,(H,43,45). The van der Waals surface area contributed by atoms with E-state index in [0.717, 1.165) is 28.3 Å². The fraction of sp³-hybridized carbons (Fsp3) is 0.237. The molecule has 0 radical (unpaired) electrons. The van der Waals surface area contributed by atoms with Gasteiger partial charge in [0.05, 0.1) is 29.2 Å². The Morgan fingerprint density at radius 1 is 0.872 bits per heavy atom. The lowest BCUT2D eigenvalue weighted by Crippen LogP contribution is -2.45. The highest BCUT2D eigenvalue weighted by atomic mass is 35.5. The average Bonchev–Trinajstić information content (AvgIpc) is 3.60. The molecule has 4 aromatic carbocycles. The van der Waals surface area contributed by atoms with Crippen molar-refractivity contribution in [2.75, 3.05) is 13.2 Å². The number of hydrogen-bond acceptors (Lipinski definition) is 4. The van der Waals surface area contributed by atoms with E-state index in [-0.39, 0.29) is 23.9 Å². The minimum Gasteiger partial charge on any atom is -0.494 e. The summed E-state index contributed by atoms with van der Waals surface area (Å²) in [6, 6.07) is 33.4. The van der Waals surface area contributed by atoms with Crippen molar-refractivity contribution in [3.63, 3.8) is 0 Å². The number of halogens is 4. The number of hydrogen-bond donors (Lipinski definition) is 1. The highest BCUT2D eigenvalue weighted by molar-refractivity contribution is 7.07. The first-order chi connectivity index (χ1) is 22.6. The van der Waals surface area contributed by atoms with Crippen LogP contribution in [0.5, 0.6) is 5.75 Å². The molecule has 0 atom stereocenters. The molecule has 0 saturated heterocycles. The summed E-state index contributed by atoms with van der Waals surface area (Å²) in [5.41, 5.74) is 2.76. The van der Waals surface area contributed by atoms with E-state index >= 15 is 0 Å². The Bertz CT molecular complexity index is 1690. The molecular weight excluding hydrogens is 641 g/mol. The Kier molecular flexibility index (Phi) is 11.4. The smallest absolute Gasteiger partial charge is 0.417 e. The summed E-state index contributed by atoms with van der Waals surface area (Å²) in [4.78, 5) is 14.7. The maximum absolute atomic E-state index is 13.8. The molecule has 0 bridgehead atoms. The van der Waals surface area contributed by atoms with E-state index < -0.39 is 17.3 Å². The van der Waals surface area contributed by atoms with E-state index in [2.05, 4.69) is 17.1 Å². The first kappa shape index (κ1) is 34.2. The second-order valence-corrected chi connectivity index (χ2v) is 12.6. The Morgan fingerprint density at radius 3 is 2.19 bits per heavy atom. The van der Waals surface area contributed by atoms with Crippen molar-refractivity contribution in [3.05, 3.63) is 158 Å². The van der Waals surface area contributed by atoms with Gasteiger partial charge < -0.3 is 10.1 Å². The zero-order valence-electron chi connectivity index (χ0n) is 26.0. The predicted molar refractivity (Wildman–Crippen MR) is 183 cm³/mol. The number of thiophene rings is 1. The van der Waals surface area contributed by atoms with Gasteiger partial charge >= 0.3 is 6.18 Å². The number of benzene rings is 4. The number of amides is 1. The maximum atomic E-state index is 13.8. The van der Waals surface area contributed by atoms with Gasteiger partial charge in [-0.3, -0.25) is 9.69 Å². The zero-order chi connectivity index (χ0) is 33.3. The Morgan fingerprint density at radius 2 is 1.55 bits per heavy atom. The van der Waals surface area contributed by atoms with E-state index in [9.17, 15) is 18.0 Å². The van der Waals surface area contributed by atoms with Crippen molar-refractivity contribution in [1.29, 1.82) is 0 Å². The van der Waals surface area contributed by atoms with Crippen LogP contribution in [0.3, 0.4) is 0 Å². The topological polar surface area (TPSA) is 41.6 Å². The molecule has 0 fully saturated rings. The molecule has 0 aliphatic carbocycles. The monoisotopic (exact) mass is 676 g/mol. The lowest BCUT2D eigenvalue weighted by atomic mass is 9.82. The fourth-order valence-corrected chi connectivity index (χ4v) is 6.64. The quantitative estimate of drug-likeness (QED) is 0.119. The van der Waals surface area contributed by atoms with Gasteiger partial charge in [-0.1, -0.05) is 96.5 Å². The van der Waals surface area contributed by atoms with E-state index in [4.69, 9.17) is 16.3 Å². The van der Waals surface area contributed by atoms with Crippen LogP contribution in [0.15, 0.2) is 120 Å². The summed E-state index contributed by atoms with van der Waals surface area (Å²) in [6.07, 6.45) is -3.75. The van der Waals surface area contributed by atoms with Gasteiger partial charge in [-0.15, -0.1) is 0 Å². The third-order valence-corrected chi connectivity index (χ3v) is 9.40. The molecule has 0 aliphatic heterocycles. The molecule has 5 aromatic rings. The largest absolute Gasteiger partial charge is 0.494 e. The van der Waals surface area contributed by atoms with E-state index in [1.807, 2.05) is 102 Å². The SMILES string of the molecule is CC(c1ccccc1)(c1ccccc1)N(CCCOc1cccc(CC(=O)NCc2ccsc2)c1)Cc1cccc(C(F)(F)F)c1Cl. The molecule has 0 saturated carbocycles.